The molecule has 1 aromatic carbocycles. The Kier molecular flexibility index (Phi) is 4.01. The SMILES string of the molecule is Cc1cccc(C(O)CC2=CCCCC2)c1C. The first kappa shape index (κ1) is 12.4. The van der Waals surface area contributed by atoms with Crippen molar-refractivity contribution >= 4 is 0 Å². The average Bonchev–Trinajstić information content (AvgIpc) is 2.34. The molecule has 0 fully saturated rings. The van der Waals surface area contributed by atoms with Gasteiger partial charge in [0.15, 0.2) is 0 Å². The third-order valence-corrected chi connectivity index (χ3v) is 3.85. The Morgan fingerprint density at radius 1 is 1.24 bits per heavy atom. The van der Waals surface area contributed by atoms with Crippen LogP contribution >= 0.6 is 0 Å². The molecule has 2 rings (SSSR count). The molecule has 0 amide bonds. The Balaban J connectivity index is 2.11. The first-order chi connectivity index (χ1) is 8.18. The molecule has 1 aromatic rings. The van der Waals surface area contributed by atoms with Crippen LogP contribution in [-0.2, 0) is 0 Å². The highest BCUT2D eigenvalue weighted by Crippen LogP contribution is 2.29. The van der Waals surface area contributed by atoms with Crippen LogP contribution in [0.25, 0.3) is 0 Å². The van der Waals surface area contributed by atoms with Crippen molar-refractivity contribution in [2.24, 2.45) is 0 Å². The lowest BCUT2D eigenvalue weighted by Crippen LogP contribution is -2.04. The second-order valence-electron chi connectivity index (χ2n) is 5.12. The Hall–Kier alpha value is -1.08. The summed E-state index contributed by atoms with van der Waals surface area (Å²) in [6.07, 6.45) is 7.74. The number of rotatable bonds is 3. The molecule has 92 valence electrons. The molecule has 1 heteroatoms. The lowest BCUT2D eigenvalue weighted by Gasteiger charge is -2.19. The standard InChI is InChI=1S/C16H22O/c1-12-7-6-10-15(13(12)2)16(17)11-14-8-4-3-5-9-14/h6-8,10,16-17H,3-5,9,11H2,1-2H3. The van der Waals surface area contributed by atoms with E-state index in [1.165, 1.54) is 42.4 Å². The van der Waals surface area contributed by atoms with Crippen molar-refractivity contribution in [3.05, 3.63) is 46.5 Å². The van der Waals surface area contributed by atoms with E-state index in [2.05, 4.69) is 32.1 Å². The number of hydrogen-bond acceptors (Lipinski definition) is 1. The van der Waals surface area contributed by atoms with E-state index in [4.69, 9.17) is 0 Å². The molecule has 1 N–H and O–H groups in total. The Labute approximate surface area is 104 Å². The number of allylic oxidation sites excluding steroid dienone is 1. The van der Waals surface area contributed by atoms with Crippen LogP contribution in [0, 0.1) is 13.8 Å². The highest BCUT2D eigenvalue weighted by atomic mass is 16.3. The molecule has 0 radical (unpaired) electrons. The van der Waals surface area contributed by atoms with Gasteiger partial charge >= 0.3 is 0 Å². The predicted molar refractivity (Wildman–Crippen MR) is 72.0 cm³/mol. The van der Waals surface area contributed by atoms with Gasteiger partial charge in [-0.1, -0.05) is 29.8 Å². The van der Waals surface area contributed by atoms with Crippen molar-refractivity contribution < 1.29 is 5.11 Å². The van der Waals surface area contributed by atoms with Gasteiger partial charge in [0.05, 0.1) is 6.10 Å². The summed E-state index contributed by atoms with van der Waals surface area (Å²) < 4.78 is 0. The quantitative estimate of drug-likeness (QED) is 0.770. The molecule has 1 aliphatic rings. The van der Waals surface area contributed by atoms with Crippen LogP contribution in [0.5, 0.6) is 0 Å². The molecular weight excluding hydrogens is 208 g/mol. The van der Waals surface area contributed by atoms with Gasteiger partial charge < -0.3 is 5.11 Å². The molecule has 0 spiro atoms. The fourth-order valence-electron chi connectivity index (χ4n) is 2.58. The fraction of sp³-hybridized carbons (Fsp3) is 0.500. The fourth-order valence-corrected chi connectivity index (χ4v) is 2.58. The van der Waals surface area contributed by atoms with E-state index in [9.17, 15) is 5.11 Å². The molecule has 1 unspecified atom stereocenters. The van der Waals surface area contributed by atoms with Crippen molar-refractivity contribution in [1.82, 2.24) is 0 Å². The Morgan fingerprint density at radius 2 is 2.06 bits per heavy atom. The van der Waals surface area contributed by atoms with E-state index in [1.54, 1.807) is 0 Å². The molecule has 0 heterocycles. The van der Waals surface area contributed by atoms with Crippen LogP contribution in [0.1, 0.15) is 54.9 Å². The highest BCUT2D eigenvalue weighted by Gasteiger charge is 2.14. The van der Waals surface area contributed by atoms with E-state index in [0.29, 0.717) is 0 Å². The summed E-state index contributed by atoms with van der Waals surface area (Å²) in [7, 11) is 0. The minimum absolute atomic E-state index is 0.334. The minimum atomic E-state index is -0.334. The van der Waals surface area contributed by atoms with Crippen molar-refractivity contribution in [3.63, 3.8) is 0 Å². The number of benzene rings is 1. The second kappa shape index (κ2) is 5.50. The van der Waals surface area contributed by atoms with E-state index >= 15 is 0 Å². The molecule has 0 aromatic heterocycles. The maximum Gasteiger partial charge on any atom is 0.0829 e. The van der Waals surface area contributed by atoms with Crippen LogP contribution < -0.4 is 0 Å². The summed E-state index contributed by atoms with van der Waals surface area (Å²) in [4.78, 5) is 0. The molecule has 0 bridgehead atoms. The van der Waals surface area contributed by atoms with E-state index in [1.807, 2.05) is 6.07 Å². The average molecular weight is 230 g/mol. The number of aliphatic hydroxyl groups is 1. The smallest absolute Gasteiger partial charge is 0.0829 e. The first-order valence-corrected chi connectivity index (χ1v) is 6.60. The molecule has 17 heavy (non-hydrogen) atoms. The largest absolute Gasteiger partial charge is 0.388 e. The normalized spacial score (nSPS) is 17.7. The Morgan fingerprint density at radius 3 is 2.76 bits per heavy atom. The maximum absolute atomic E-state index is 10.3. The monoisotopic (exact) mass is 230 g/mol. The summed E-state index contributed by atoms with van der Waals surface area (Å²) in [6, 6.07) is 6.19. The van der Waals surface area contributed by atoms with Gasteiger partial charge in [-0.2, -0.15) is 0 Å². The molecule has 1 aliphatic carbocycles. The van der Waals surface area contributed by atoms with Gasteiger partial charge in [0.25, 0.3) is 0 Å². The number of aliphatic hydroxyl groups excluding tert-OH is 1. The van der Waals surface area contributed by atoms with Gasteiger partial charge in [0.2, 0.25) is 0 Å². The molecular formula is C16H22O. The van der Waals surface area contributed by atoms with Gasteiger partial charge in [0, 0.05) is 0 Å². The maximum atomic E-state index is 10.3. The number of hydrogen-bond donors (Lipinski definition) is 1. The summed E-state index contributed by atoms with van der Waals surface area (Å²) >= 11 is 0. The van der Waals surface area contributed by atoms with E-state index in [-0.39, 0.29) is 6.10 Å². The summed E-state index contributed by atoms with van der Waals surface area (Å²) in [5.74, 6) is 0. The molecule has 1 atom stereocenters. The predicted octanol–water partition coefficient (Wildman–Crippen LogP) is 4.23. The molecule has 0 aliphatic heterocycles. The van der Waals surface area contributed by atoms with Crippen LogP contribution in [0.4, 0.5) is 0 Å². The van der Waals surface area contributed by atoms with Crippen LogP contribution in [0.2, 0.25) is 0 Å². The van der Waals surface area contributed by atoms with Crippen LogP contribution in [0.3, 0.4) is 0 Å². The number of aryl methyl sites for hydroxylation is 1. The van der Waals surface area contributed by atoms with Gasteiger partial charge in [0.1, 0.15) is 0 Å². The molecule has 0 saturated carbocycles. The van der Waals surface area contributed by atoms with Crippen molar-refractivity contribution in [3.8, 4) is 0 Å². The summed E-state index contributed by atoms with van der Waals surface area (Å²) in [5.41, 5.74) is 5.02. The van der Waals surface area contributed by atoms with Gasteiger partial charge in [-0.3, -0.25) is 0 Å². The van der Waals surface area contributed by atoms with Crippen molar-refractivity contribution in [2.45, 2.75) is 52.1 Å². The molecule has 1 nitrogen and oxygen atoms in total. The van der Waals surface area contributed by atoms with Crippen molar-refractivity contribution in [1.29, 1.82) is 0 Å². The zero-order chi connectivity index (χ0) is 12.3. The summed E-state index contributed by atoms with van der Waals surface area (Å²) in [5, 5.41) is 10.3. The van der Waals surface area contributed by atoms with E-state index < -0.39 is 0 Å². The topological polar surface area (TPSA) is 20.2 Å². The van der Waals surface area contributed by atoms with E-state index in [0.717, 1.165) is 12.0 Å². The minimum Gasteiger partial charge on any atom is -0.388 e. The van der Waals surface area contributed by atoms with Gasteiger partial charge in [-0.25, -0.2) is 0 Å². The first-order valence-electron chi connectivity index (χ1n) is 6.60. The third-order valence-electron chi connectivity index (χ3n) is 3.85. The second-order valence-corrected chi connectivity index (χ2v) is 5.12. The summed E-state index contributed by atoms with van der Waals surface area (Å²) in [6.45, 7) is 4.20. The van der Waals surface area contributed by atoms with Crippen LogP contribution in [-0.4, -0.2) is 5.11 Å². The van der Waals surface area contributed by atoms with Gasteiger partial charge in [-0.15, -0.1) is 0 Å². The third kappa shape index (κ3) is 2.98. The lowest BCUT2D eigenvalue weighted by molar-refractivity contribution is 0.175. The van der Waals surface area contributed by atoms with Gasteiger partial charge in [-0.05, 0) is 62.6 Å². The van der Waals surface area contributed by atoms with Crippen LogP contribution in [0.15, 0.2) is 29.8 Å². The zero-order valence-electron chi connectivity index (χ0n) is 10.9. The molecule has 0 saturated heterocycles. The zero-order valence-corrected chi connectivity index (χ0v) is 10.9. The van der Waals surface area contributed by atoms with Crippen molar-refractivity contribution in [2.75, 3.05) is 0 Å². The lowest BCUT2D eigenvalue weighted by atomic mass is 9.90. The Bertz CT molecular complexity index is 418. The highest BCUT2D eigenvalue weighted by molar-refractivity contribution is 5.35.